The summed E-state index contributed by atoms with van der Waals surface area (Å²) in [6, 6.07) is 7.47. The van der Waals surface area contributed by atoms with E-state index in [0.29, 0.717) is 23.3 Å². The third-order valence-electron chi connectivity index (χ3n) is 6.03. The number of nitrogens with zero attached hydrogens (tertiary/aromatic N) is 4. The van der Waals surface area contributed by atoms with E-state index < -0.39 is 31.8 Å². The Hall–Kier alpha value is -3.31. The van der Waals surface area contributed by atoms with E-state index in [4.69, 9.17) is 19.5 Å². The number of aliphatic hydroxyl groups is 1. The lowest BCUT2D eigenvalue weighted by Gasteiger charge is -2.25. The molecule has 1 aliphatic rings. The van der Waals surface area contributed by atoms with Crippen molar-refractivity contribution in [1.29, 1.82) is 0 Å². The van der Waals surface area contributed by atoms with Gasteiger partial charge in [0, 0.05) is 11.8 Å². The number of aromatic nitrogens is 4. The number of hydrogen-bond donors (Lipinski definition) is 3. The number of benzene rings is 1. The monoisotopic (exact) mass is 530 g/mol. The van der Waals surface area contributed by atoms with E-state index in [1.54, 1.807) is 54.9 Å². The Morgan fingerprint density at radius 2 is 2.03 bits per heavy atom. The molecule has 0 saturated heterocycles. The first-order valence-electron chi connectivity index (χ1n) is 11.9. The molecule has 1 aromatic carbocycles. The van der Waals surface area contributed by atoms with Crippen LogP contribution in [0.4, 0.5) is 5.82 Å². The lowest BCUT2D eigenvalue weighted by Crippen LogP contribution is -2.36. The molecule has 0 aliphatic heterocycles. The van der Waals surface area contributed by atoms with Gasteiger partial charge in [-0.2, -0.15) is 10.2 Å². The number of para-hydroxylation sites is 1. The van der Waals surface area contributed by atoms with Crippen LogP contribution in [-0.4, -0.2) is 55.5 Å². The summed E-state index contributed by atoms with van der Waals surface area (Å²) in [6.07, 6.45) is 2.10. The normalized spacial score (nSPS) is 22.2. The number of nitrogens with two attached hydrogens (primary N) is 1. The summed E-state index contributed by atoms with van der Waals surface area (Å²) in [5.74, 6) is -0.943. The van der Waals surface area contributed by atoms with Gasteiger partial charge in [-0.1, -0.05) is 30.4 Å². The van der Waals surface area contributed by atoms with Gasteiger partial charge >= 0.3 is 13.7 Å². The molecular formula is C24H31N6O6P. The standard InChI is InChI=1S/C24H31N6O6P/c1-14(2)35-24(32)16(4)29-37(33,36-17-8-6-5-7-9-17)34-12-19-15(3)18(10-21(19)31)20-11-26-23-22(25)27-13-28-30(20)23/h5-9,11,13-14,16,18-19,21,31H,3,10,12H2,1-2,4H3,(H,29,33)(H2,25,27,28)/t16?,18-,19-,21-,37?/m0/s1. The number of nitrogen functional groups attached to an aromatic ring is 1. The summed E-state index contributed by atoms with van der Waals surface area (Å²) in [5, 5.41) is 17.7. The molecule has 4 N–H and O–H groups in total. The SMILES string of the molecule is C=C1[C@@H](c2cnc3c(N)ncnn23)C[C@H](O)[C@H]1COP(=O)(NC(C)C(=O)OC(C)C)Oc1ccccc1. The highest BCUT2D eigenvalue weighted by Crippen LogP contribution is 2.48. The minimum Gasteiger partial charge on any atom is -0.462 e. The summed E-state index contributed by atoms with van der Waals surface area (Å²) in [4.78, 5) is 20.6. The Kier molecular flexibility index (Phi) is 7.93. The van der Waals surface area contributed by atoms with Crippen molar-refractivity contribution >= 4 is 25.2 Å². The fourth-order valence-electron chi connectivity index (χ4n) is 4.19. The van der Waals surface area contributed by atoms with Crippen molar-refractivity contribution in [2.75, 3.05) is 12.3 Å². The van der Waals surface area contributed by atoms with E-state index in [0.717, 1.165) is 0 Å². The molecule has 13 heteroatoms. The molecule has 0 amide bonds. The third kappa shape index (κ3) is 5.99. The quantitative estimate of drug-likeness (QED) is 0.201. The molecule has 2 heterocycles. The third-order valence-corrected chi connectivity index (χ3v) is 7.67. The zero-order valence-corrected chi connectivity index (χ0v) is 21.7. The molecule has 1 saturated carbocycles. The maximum Gasteiger partial charge on any atom is 0.459 e. The molecule has 0 bridgehead atoms. The first kappa shape index (κ1) is 26.7. The van der Waals surface area contributed by atoms with Gasteiger partial charge < -0.3 is 20.1 Å². The van der Waals surface area contributed by atoms with Gasteiger partial charge in [-0.25, -0.2) is 19.0 Å². The molecule has 198 valence electrons. The van der Waals surface area contributed by atoms with Crippen molar-refractivity contribution in [2.45, 2.75) is 51.4 Å². The van der Waals surface area contributed by atoms with Crippen LogP contribution in [0.2, 0.25) is 0 Å². The molecule has 12 nitrogen and oxygen atoms in total. The molecule has 1 aliphatic carbocycles. The van der Waals surface area contributed by atoms with E-state index in [1.807, 2.05) is 0 Å². The maximum absolute atomic E-state index is 13.8. The summed E-state index contributed by atoms with van der Waals surface area (Å²) < 4.78 is 32.0. The average Bonchev–Trinajstić information content (AvgIpc) is 3.39. The zero-order chi connectivity index (χ0) is 26.7. The summed E-state index contributed by atoms with van der Waals surface area (Å²) in [6.45, 7) is 8.95. The van der Waals surface area contributed by atoms with E-state index in [1.165, 1.54) is 13.3 Å². The Morgan fingerprint density at radius 3 is 2.73 bits per heavy atom. The number of ether oxygens (including phenoxy) is 1. The van der Waals surface area contributed by atoms with Crippen LogP contribution in [-0.2, 0) is 18.6 Å². The van der Waals surface area contributed by atoms with Gasteiger partial charge in [-0.05, 0) is 39.3 Å². The minimum atomic E-state index is -4.08. The van der Waals surface area contributed by atoms with Crippen molar-refractivity contribution in [3.8, 4) is 5.75 Å². The fraction of sp³-hybridized carbons (Fsp3) is 0.417. The Balaban J connectivity index is 1.51. The fourth-order valence-corrected chi connectivity index (χ4v) is 5.71. The molecule has 2 aromatic heterocycles. The molecule has 5 atom stereocenters. The van der Waals surface area contributed by atoms with Crippen LogP contribution < -0.4 is 15.3 Å². The van der Waals surface area contributed by atoms with Gasteiger partial charge in [-0.15, -0.1) is 0 Å². The molecule has 1 fully saturated rings. The molecule has 3 aromatic rings. The first-order valence-corrected chi connectivity index (χ1v) is 13.4. The molecule has 0 spiro atoms. The predicted octanol–water partition coefficient (Wildman–Crippen LogP) is 2.86. The number of anilines is 1. The number of carbonyl (C=O) groups excluding carboxylic acids is 1. The van der Waals surface area contributed by atoms with Gasteiger partial charge in [0.2, 0.25) is 0 Å². The lowest BCUT2D eigenvalue weighted by molar-refractivity contribution is -0.149. The largest absolute Gasteiger partial charge is 0.462 e. The highest BCUT2D eigenvalue weighted by molar-refractivity contribution is 7.52. The molecule has 2 unspecified atom stereocenters. The summed E-state index contributed by atoms with van der Waals surface area (Å²) in [5.41, 5.74) is 7.66. The van der Waals surface area contributed by atoms with Crippen LogP contribution in [0.3, 0.4) is 0 Å². The number of aliphatic hydroxyl groups excluding tert-OH is 1. The van der Waals surface area contributed by atoms with Crippen LogP contribution >= 0.6 is 7.75 Å². The van der Waals surface area contributed by atoms with Crippen LogP contribution in [0.5, 0.6) is 5.75 Å². The first-order chi connectivity index (χ1) is 17.6. The number of esters is 1. The lowest BCUT2D eigenvalue weighted by atomic mass is 9.96. The second kappa shape index (κ2) is 11.0. The van der Waals surface area contributed by atoms with Gasteiger partial charge in [-0.3, -0.25) is 9.32 Å². The molecular weight excluding hydrogens is 499 g/mol. The Bertz CT molecular complexity index is 1320. The average molecular weight is 531 g/mol. The zero-order valence-electron chi connectivity index (χ0n) is 20.9. The molecule has 37 heavy (non-hydrogen) atoms. The minimum absolute atomic E-state index is 0.173. The number of nitrogens with one attached hydrogen (secondary N) is 1. The van der Waals surface area contributed by atoms with Crippen LogP contribution in [0.15, 0.2) is 55.0 Å². The van der Waals surface area contributed by atoms with Crippen LogP contribution in [0.1, 0.15) is 38.8 Å². The van der Waals surface area contributed by atoms with Gasteiger partial charge in [0.25, 0.3) is 0 Å². The smallest absolute Gasteiger partial charge is 0.459 e. The second-order valence-electron chi connectivity index (χ2n) is 9.13. The highest BCUT2D eigenvalue weighted by Gasteiger charge is 2.41. The van der Waals surface area contributed by atoms with Crippen molar-refractivity contribution in [3.05, 3.63) is 60.7 Å². The predicted molar refractivity (Wildman–Crippen MR) is 136 cm³/mol. The number of hydrogen-bond acceptors (Lipinski definition) is 10. The second-order valence-corrected chi connectivity index (χ2v) is 10.8. The van der Waals surface area contributed by atoms with Gasteiger partial charge in [0.05, 0.1) is 30.7 Å². The number of imidazole rings is 1. The van der Waals surface area contributed by atoms with Crippen molar-refractivity contribution in [3.63, 3.8) is 0 Å². The van der Waals surface area contributed by atoms with Crippen molar-refractivity contribution in [2.24, 2.45) is 5.92 Å². The summed E-state index contributed by atoms with van der Waals surface area (Å²) >= 11 is 0. The van der Waals surface area contributed by atoms with Crippen molar-refractivity contribution < 1.29 is 28.3 Å². The van der Waals surface area contributed by atoms with E-state index in [-0.39, 0.29) is 30.2 Å². The van der Waals surface area contributed by atoms with E-state index >= 15 is 0 Å². The number of rotatable bonds is 10. The highest BCUT2D eigenvalue weighted by atomic mass is 31.2. The van der Waals surface area contributed by atoms with E-state index in [2.05, 4.69) is 26.7 Å². The molecule has 0 radical (unpaired) electrons. The Labute approximate surface area is 214 Å². The molecule has 4 rings (SSSR count). The Morgan fingerprint density at radius 1 is 1.30 bits per heavy atom. The topological polar surface area (TPSA) is 163 Å². The summed E-state index contributed by atoms with van der Waals surface area (Å²) in [7, 11) is -4.08. The van der Waals surface area contributed by atoms with Crippen LogP contribution in [0.25, 0.3) is 5.65 Å². The number of fused-ring (bicyclic) bond motifs is 1. The van der Waals surface area contributed by atoms with E-state index in [9.17, 15) is 14.5 Å². The van der Waals surface area contributed by atoms with Gasteiger partial charge in [0.15, 0.2) is 11.5 Å². The number of carbonyl (C=O) groups is 1. The maximum atomic E-state index is 13.8. The van der Waals surface area contributed by atoms with Crippen molar-refractivity contribution in [1.82, 2.24) is 24.7 Å². The van der Waals surface area contributed by atoms with Crippen LogP contribution in [0, 0.1) is 5.92 Å². The van der Waals surface area contributed by atoms with Gasteiger partial charge in [0.1, 0.15) is 18.1 Å².